The summed E-state index contributed by atoms with van der Waals surface area (Å²) in [6, 6.07) is 12.1. The normalized spacial score (nSPS) is 15.9. The van der Waals surface area contributed by atoms with Crippen LogP contribution in [-0.4, -0.2) is 41.8 Å². The molecular weight excluding hydrogens is 468 g/mol. The number of unbranched alkanes of at least 4 members (excludes halogenated alkanes) is 2. The molecule has 1 atom stereocenters. The number of rotatable bonds is 9. The topological polar surface area (TPSA) is 89.7 Å². The molecule has 1 aliphatic rings. The summed E-state index contributed by atoms with van der Waals surface area (Å²) < 4.78 is 16.6. The van der Waals surface area contributed by atoms with Crippen LogP contribution in [-0.2, 0) is 0 Å². The number of benzene rings is 2. The van der Waals surface area contributed by atoms with Crippen molar-refractivity contribution in [1.82, 2.24) is 20.4 Å². The summed E-state index contributed by atoms with van der Waals surface area (Å²) in [6.45, 7) is 4.65. The predicted octanol–water partition coefficient (Wildman–Crippen LogP) is 6.09. The van der Waals surface area contributed by atoms with E-state index >= 15 is 0 Å². The molecule has 0 fully saturated rings. The summed E-state index contributed by atoms with van der Waals surface area (Å²) >= 11 is 6.02. The molecule has 9 heteroatoms. The molecule has 35 heavy (non-hydrogen) atoms. The number of carbonyl (C=O) groups is 1. The quantitative estimate of drug-likeness (QED) is 0.360. The first-order valence-electron chi connectivity index (χ1n) is 11.6. The number of carbonyl (C=O) groups excluding carboxylic acids is 1. The summed E-state index contributed by atoms with van der Waals surface area (Å²) in [4.78, 5) is 19.6. The van der Waals surface area contributed by atoms with Crippen LogP contribution in [0, 0.1) is 0 Å². The van der Waals surface area contributed by atoms with Gasteiger partial charge in [0.1, 0.15) is 0 Å². The van der Waals surface area contributed by atoms with Crippen LogP contribution in [0.15, 0.2) is 52.7 Å². The van der Waals surface area contributed by atoms with Gasteiger partial charge in [-0.15, -0.1) is 0 Å². The Morgan fingerprint density at radius 2 is 1.83 bits per heavy atom. The Balaban J connectivity index is 1.79. The number of nitrogens with zero attached hydrogens (tertiary/aromatic N) is 3. The molecule has 184 valence electrons. The lowest BCUT2D eigenvalue weighted by atomic mass is 9.94. The van der Waals surface area contributed by atoms with Crippen molar-refractivity contribution in [2.24, 2.45) is 0 Å². The van der Waals surface area contributed by atoms with Gasteiger partial charge in [-0.1, -0.05) is 42.6 Å². The second-order valence-corrected chi connectivity index (χ2v) is 8.72. The van der Waals surface area contributed by atoms with Crippen molar-refractivity contribution in [2.45, 2.75) is 39.2 Å². The van der Waals surface area contributed by atoms with Crippen LogP contribution >= 0.6 is 11.6 Å². The largest absolute Gasteiger partial charge is 0.493 e. The summed E-state index contributed by atoms with van der Waals surface area (Å²) in [5.74, 6) is 1.95. The lowest BCUT2D eigenvalue weighted by Crippen LogP contribution is -2.46. The van der Waals surface area contributed by atoms with Crippen molar-refractivity contribution >= 4 is 23.2 Å². The third-order valence-corrected chi connectivity index (χ3v) is 6.33. The summed E-state index contributed by atoms with van der Waals surface area (Å²) in [6.07, 6.45) is 3.00. The zero-order valence-electron chi connectivity index (χ0n) is 20.3. The van der Waals surface area contributed by atoms with Crippen LogP contribution in [0.25, 0.3) is 17.0 Å². The number of halogens is 1. The smallest absolute Gasteiger partial charge is 0.322 e. The van der Waals surface area contributed by atoms with Gasteiger partial charge in [-0.25, -0.2) is 4.79 Å². The molecule has 2 heterocycles. The Morgan fingerprint density at radius 1 is 1.09 bits per heavy atom. The Kier molecular flexibility index (Phi) is 7.60. The van der Waals surface area contributed by atoms with Gasteiger partial charge in [0.2, 0.25) is 5.82 Å². The molecule has 1 unspecified atom stereocenters. The molecular formula is C26H29ClN4O4. The molecule has 1 aromatic heterocycles. The van der Waals surface area contributed by atoms with Gasteiger partial charge >= 0.3 is 6.03 Å². The highest BCUT2D eigenvalue weighted by atomic mass is 35.5. The van der Waals surface area contributed by atoms with Crippen molar-refractivity contribution in [3.05, 3.63) is 64.6 Å². The average molecular weight is 497 g/mol. The average Bonchev–Trinajstić information content (AvgIpc) is 3.35. The highest BCUT2D eigenvalue weighted by molar-refractivity contribution is 6.30. The van der Waals surface area contributed by atoms with Crippen molar-refractivity contribution in [2.75, 3.05) is 20.8 Å². The monoisotopic (exact) mass is 496 g/mol. The number of ether oxygens (including phenoxy) is 2. The van der Waals surface area contributed by atoms with Gasteiger partial charge in [0, 0.05) is 22.8 Å². The maximum atomic E-state index is 13.1. The Labute approximate surface area is 209 Å². The Bertz CT molecular complexity index is 1220. The number of urea groups is 1. The van der Waals surface area contributed by atoms with E-state index in [9.17, 15) is 4.79 Å². The SMILES string of the molecule is CCCCCN1C(=O)NC(c2ccc(OC)c(OC)c2)C(c2nc(-c3ccc(Cl)cc3)no2)=C1C. The predicted molar refractivity (Wildman–Crippen MR) is 134 cm³/mol. The van der Waals surface area contributed by atoms with E-state index < -0.39 is 6.04 Å². The van der Waals surface area contributed by atoms with Crippen LogP contribution in [0.5, 0.6) is 11.5 Å². The first-order valence-corrected chi connectivity index (χ1v) is 11.9. The van der Waals surface area contributed by atoms with E-state index in [0.717, 1.165) is 41.7 Å². The Morgan fingerprint density at radius 3 is 2.51 bits per heavy atom. The van der Waals surface area contributed by atoms with Crippen molar-refractivity contribution in [3.8, 4) is 22.9 Å². The number of amides is 2. The fraction of sp³-hybridized carbons (Fsp3) is 0.346. The van der Waals surface area contributed by atoms with Gasteiger partial charge < -0.3 is 19.3 Å². The van der Waals surface area contributed by atoms with E-state index in [1.54, 1.807) is 31.3 Å². The zero-order chi connectivity index (χ0) is 24.9. The lowest BCUT2D eigenvalue weighted by molar-refractivity contribution is 0.204. The zero-order valence-corrected chi connectivity index (χ0v) is 21.1. The molecule has 2 amide bonds. The molecule has 0 aliphatic carbocycles. The molecule has 0 radical (unpaired) electrons. The van der Waals surface area contributed by atoms with Gasteiger partial charge in [-0.3, -0.25) is 4.90 Å². The molecule has 1 aliphatic heterocycles. The van der Waals surface area contributed by atoms with Gasteiger partial charge in [-0.2, -0.15) is 4.98 Å². The molecule has 4 rings (SSSR count). The van der Waals surface area contributed by atoms with E-state index in [-0.39, 0.29) is 6.03 Å². The third-order valence-electron chi connectivity index (χ3n) is 6.08. The van der Waals surface area contributed by atoms with Crippen molar-refractivity contribution in [3.63, 3.8) is 0 Å². The molecule has 0 saturated heterocycles. The second kappa shape index (κ2) is 10.8. The van der Waals surface area contributed by atoms with E-state index in [1.165, 1.54) is 0 Å². The van der Waals surface area contributed by atoms with Crippen molar-refractivity contribution in [1.29, 1.82) is 0 Å². The summed E-state index contributed by atoms with van der Waals surface area (Å²) in [7, 11) is 3.16. The molecule has 1 N–H and O–H groups in total. The molecule has 8 nitrogen and oxygen atoms in total. The van der Waals surface area contributed by atoms with E-state index in [4.69, 9.17) is 25.6 Å². The van der Waals surface area contributed by atoms with Gasteiger partial charge in [0.25, 0.3) is 5.89 Å². The highest BCUT2D eigenvalue weighted by Crippen LogP contribution is 2.40. The van der Waals surface area contributed by atoms with Gasteiger partial charge in [-0.05, 0) is 55.3 Å². The standard InChI is InChI=1S/C26H29ClN4O4/c1-5-6-7-14-31-16(2)22(25-29-24(30-35-25)17-8-11-19(27)12-9-17)23(28-26(31)32)18-10-13-20(33-3)21(15-18)34-4/h8-13,15,23H,5-7,14H2,1-4H3,(H,28,32). The first-order chi connectivity index (χ1) is 17.0. The number of allylic oxidation sites excluding steroid dienone is 1. The maximum Gasteiger partial charge on any atom is 0.322 e. The number of nitrogens with one attached hydrogen (secondary N) is 1. The number of methoxy groups -OCH3 is 2. The summed E-state index contributed by atoms with van der Waals surface area (Å²) in [5, 5.41) is 7.94. The minimum atomic E-state index is -0.511. The first kappa shape index (κ1) is 24.6. The summed E-state index contributed by atoms with van der Waals surface area (Å²) in [5.41, 5.74) is 3.10. The van der Waals surface area contributed by atoms with Crippen molar-refractivity contribution < 1.29 is 18.8 Å². The molecule has 0 bridgehead atoms. The second-order valence-electron chi connectivity index (χ2n) is 8.28. The van der Waals surface area contributed by atoms with Crippen LogP contribution in [0.3, 0.4) is 0 Å². The van der Waals surface area contributed by atoms with Gasteiger partial charge in [0.05, 0.1) is 25.8 Å². The molecule has 2 aromatic carbocycles. The van der Waals surface area contributed by atoms with Gasteiger partial charge in [0.15, 0.2) is 11.5 Å². The fourth-order valence-corrected chi connectivity index (χ4v) is 4.31. The Hall–Kier alpha value is -3.52. The number of aromatic nitrogens is 2. The molecule has 0 spiro atoms. The number of hydrogen-bond donors (Lipinski definition) is 1. The van der Waals surface area contributed by atoms with Crippen LogP contribution < -0.4 is 14.8 Å². The van der Waals surface area contributed by atoms with Crippen LogP contribution in [0.2, 0.25) is 5.02 Å². The molecule has 3 aromatic rings. The fourth-order valence-electron chi connectivity index (χ4n) is 4.18. The minimum absolute atomic E-state index is 0.167. The van der Waals surface area contributed by atoms with Crippen LogP contribution in [0.1, 0.15) is 50.6 Å². The van der Waals surface area contributed by atoms with Crippen LogP contribution in [0.4, 0.5) is 4.79 Å². The molecule has 0 saturated carbocycles. The van der Waals surface area contributed by atoms with E-state index in [0.29, 0.717) is 34.8 Å². The van der Waals surface area contributed by atoms with E-state index in [2.05, 4.69) is 22.4 Å². The van der Waals surface area contributed by atoms with E-state index in [1.807, 2.05) is 37.3 Å². The third kappa shape index (κ3) is 5.12. The number of hydrogen-bond acceptors (Lipinski definition) is 6. The maximum absolute atomic E-state index is 13.1. The lowest BCUT2D eigenvalue weighted by Gasteiger charge is -2.35. The minimum Gasteiger partial charge on any atom is -0.493 e. The highest BCUT2D eigenvalue weighted by Gasteiger charge is 2.36.